The zero-order chi connectivity index (χ0) is 24.8. The van der Waals surface area contributed by atoms with Gasteiger partial charge in [-0.25, -0.2) is 14.4 Å². The van der Waals surface area contributed by atoms with Crippen LogP contribution in [0.3, 0.4) is 0 Å². The monoisotopic (exact) mass is 489 g/mol. The van der Waals surface area contributed by atoms with Gasteiger partial charge in [-0.05, 0) is 57.2 Å². The van der Waals surface area contributed by atoms with Crippen LogP contribution in [0, 0.1) is 12.8 Å². The van der Waals surface area contributed by atoms with Gasteiger partial charge in [0.15, 0.2) is 11.5 Å². The molecule has 0 aliphatic heterocycles. The van der Waals surface area contributed by atoms with Crippen molar-refractivity contribution in [3.8, 4) is 16.2 Å². The predicted molar refractivity (Wildman–Crippen MR) is 130 cm³/mol. The number of aliphatic carboxylic acids is 1. The fourth-order valence-electron chi connectivity index (χ4n) is 4.22. The van der Waals surface area contributed by atoms with Gasteiger partial charge in [0.25, 0.3) is 0 Å². The molecule has 0 unspecified atom stereocenters. The quantitative estimate of drug-likeness (QED) is 0.456. The largest absolute Gasteiger partial charge is 0.480 e. The topological polar surface area (TPSA) is 113 Å². The zero-order valence-electron chi connectivity index (χ0n) is 19.7. The molecular formula is C25H31NO7S. The highest BCUT2D eigenvalue weighted by molar-refractivity contribution is 7.18. The van der Waals surface area contributed by atoms with Crippen LogP contribution in [0.4, 0.5) is 10.5 Å². The summed E-state index contributed by atoms with van der Waals surface area (Å²) in [6.07, 6.45) is 5.02. The Kier molecular flexibility index (Phi) is 8.55. The van der Waals surface area contributed by atoms with E-state index >= 15 is 0 Å². The smallest absolute Gasteiger partial charge is 0.414 e. The lowest BCUT2D eigenvalue weighted by Gasteiger charge is -2.30. The predicted octanol–water partition coefficient (Wildman–Crippen LogP) is 5.82. The lowest BCUT2D eigenvalue weighted by atomic mass is 9.89. The van der Waals surface area contributed by atoms with E-state index < -0.39 is 24.6 Å². The number of ether oxygens (including phenoxy) is 2. The Labute approximate surface area is 203 Å². The standard InChI is InChI=1S/C25H31NO7S/c1-15(2)33-25(31)26(13-17-8-5-4-6-9-17)19-11-7-10-18(12-19)22-16(3)21(32-14-20(27)28)23(34-22)24(29)30/h7,10-12,15,17H,4-6,8-9,13-14H2,1-3H3,(H,27,28)(H,29,30). The molecule has 8 nitrogen and oxygen atoms in total. The molecule has 9 heteroatoms. The van der Waals surface area contributed by atoms with E-state index in [4.69, 9.17) is 14.6 Å². The number of anilines is 1. The molecule has 0 radical (unpaired) electrons. The van der Waals surface area contributed by atoms with Crippen LogP contribution in [-0.2, 0) is 9.53 Å². The van der Waals surface area contributed by atoms with Crippen LogP contribution < -0.4 is 9.64 Å². The number of benzene rings is 1. The molecule has 1 fully saturated rings. The van der Waals surface area contributed by atoms with E-state index in [0.29, 0.717) is 28.6 Å². The molecule has 1 heterocycles. The Balaban J connectivity index is 1.97. The highest BCUT2D eigenvalue weighted by atomic mass is 32.1. The third-order valence-electron chi connectivity index (χ3n) is 5.77. The van der Waals surface area contributed by atoms with Crippen LogP contribution in [-0.4, -0.2) is 47.5 Å². The number of carboxylic acid groups (broad SMARTS) is 2. The molecule has 2 aromatic rings. The van der Waals surface area contributed by atoms with Crippen LogP contribution in [0.2, 0.25) is 0 Å². The zero-order valence-corrected chi connectivity index (χ0v) is 20.5. The Bertz CT molecular complexity index is 1040. The maximum absolute atomic E-state index is 13.0. The van der Waals surface area contributed by atoms with Crippen LogP contribution in [0.1, 0.15) is 61.2 Å². The minimum Gasteiger partial charge on any atom is -0.480 e. The average molecular weight is 490 g/mol. The van der Waals surface area contributed by atoms with Crippen LogP contribution in [0.15, 0.2) is 24.3 Å². The van der Waals surface area contributed by atoms with Crippen molar-refractivity contribution in [1.82, 2.24) is 0 Å². The second-order valence-electron chi connectivity index (χ2n) is 8.80. The molecule has 2 N–H and O–H groups in total. The summed E-state index contributed by atoms with van der Waals surface area (Å²) in [5, 5.41) is 18.6. The number of hydrogen-bond acceptors (Lipinski definition) is 6. The summed E-state index contributed by atoms with van der Waals surface area (Å²) in [5.74, 6) is -1.92. The molecule has 1 aromatic heterocycles. The lowest BCUT2D eigenvalue weighted by Crippen LogP contribution is -2.37. The van der Waals surface area contributed by atoms with Gasteiger partial charge in [0.1, 0.15) is 5.75 Å². The van der Waals surface area contributed by atoms with Crippen molar-refractivity contribution in [2.75, 3.05) is 18.1 Å². The first kappa shape index (κ1) is 25.6. The van der Waals surface area contributed by atoms with Gasteiger partial charge in [0.2, 0.25) is 0 Å². The molecule has 0 saturated heterocycles. The van der Waals surface area contributed by atoms with E-state index in [1.807, 2.05) is 38.1 Å². The summed E-state index contributed by atoms with van der Waals surface area (Å²) in [5.41, 5.74) is 1.94. The van der Waals surface area contributed by atoms with Crippen molar-refractivity contribution in [3.05, 3.63) is 34.7 Å². The van der Waals surface area contributed by atoms with Crippen molar-refractivity contribution < 1.29 is 34.1 Å². The number of carbonyl (C=O) groups excluding carboxylic acids is 1. The fraction of sp³-hybridized carbons (Fsp3) is 0.480. The third kappa shape index (κ3) is 6.28. The minimum atomic E-state index is -1.19. The molecule has 1 aliphatic carbocycles. The Morgan fingerprint density at radius 2 is 1.85 bits per heavy atom. The second kappa shape index (κ2) is 11.4. The third-order valence-corrected chi connectivity index (χ3v) is 7.08. The number of rotatable bonds is 9. The first-order valence-electron chi connectivity index (χ1n) is 11.5. The molecule has 34 heavy (non-hydrogen) atoms. The minimum absolute atomic E-state index is 0.0542. The summed E-state index contributed by atoms with van der Waals surface area (Å²) >= 11 is 1.02. The highest BCUT2D eigenvalue weighted by Gasteiger charge is 2.26. The molecule has 1 aliphatic rings. The van der Waals surface area contributed by atoms with Gasteiger partial charge >= 0.3 is 18.0 Å². The van der Waals surface area contributed by atoms with E-state index in [1.54, 1.807) is 11.8 Å². The molecule has 1 aromatic carbocycles. The van der Waals surface area contributed by atoms with Gasteiger partial charge in [0, 0.05) is 22.7 Å². The summed E-state index contributed by atoms with van der Waals surface area (Å²) in [6.45, 7) is 5.26. The summed E-state index contributed by atoms with van der Waals surface area (Å²) in [4.78, 5) is 38.0. The number of hydrogen-bond donors (Lipinski definition) is 2. The molecular weight excluding hydrogens is 458 g/mol. The van der Waals surface area contributed by atoms with Gasteiger partial charge in [-0.15, -0.1) is 11.3 Å². The molecule has 3 rings (SSSR count). The molecule has 0 atom stereocenters. The Morgan fingerprint density at radius 3 is 2.47 bits per heavy atom. The van der Waals surface area contributed by atoms with Gasteiger partial charge in [-0.2, -0.15) is 0 Å². The van der Waals surface area contributed by atoms with Crippen molar-refractivity contribution in [1.29, 1.82) is 0 Å². The molecule has 184 valence electrons. The van der Waals surface area contributed by atoms with Crippen LogP contribution >= 0.6 is 11.3 Å². The van der Waals surface area contributed by atoms with E-state index in [2.05, 4.69) is 0 Å². The average Bonchev–Trinajstić information content (AvgIpc) is 3.12. The first-order valence-corrected chi connectivity index (χ1v) is 12.3. The first-order chi connectivity index (χ1) is 16.2. The van der Waals surface area contributed by atoms with Gasteiger partial charge in [-0.1, -0.05) is 31.4 Å². The Hall–Kier alpha value is -3.07. The van der Waals surface area contributed by atoms with E-state index in [9.17, 15) is 19.5 Å². The van der Waals surface area contributed by atoms with Gasteiger partial charge in [-0.3, -0.25) is 4.90 Å². The van der Waals surface area contributed by atoms with E-state index in [0.717, 1.165) is 42.6 Å². The van der Waals surface area contributed by atoms with Crippen molar-refractivity contribution >= 4 is 35.1 Å². The normalized spacial score (nSPS) is 14.1. The second-order valence-corrected chi connectivity index (χ2v) is 9.82. The number of thiophene rings is 1. The summed E-state index contributed by atoms with van der Waals surface area (Å²) in [6, 6.07) is 7.34. The van der Waals surface area contributed by atoms with E-state index in [-0.39, 0.29) is 16.7 Å². The van der Waals surface area contributed by atoms with Crippen molar-refractivity contribution in [2.24, 2.45) is 5.92 Å². The summed E-state index contributed by atoms with van der Waals surface area (Å²) < 4.78 is 10.8. The van der Waals surface area contributed by atoms with Crippen molar-refractivity contribution in [2.45, 2.75) is 59.0 Å². The van der Waals surface area contributed by atoms with Crippen LogP contribution in [0.25, 0.3) is 10.4 Å². The highest BCUT2D eigenvalue weighted by Crippen LogP contribution is 2.42. The van der Waals surface area contributed by atoms with E-state index in [1.165, 1.54) is 6.42 Å². The lowest BCUT2D eigenvalue weighted by molar-refractivity contribution is -0.139. The molecule has 1 saturated carbocycles. The number of nitrogens with zero attached hydrogens (tertiary/aromatic N) is 1. The SMILES string of the molecule is Cc1c(-c2cccc(N(CC3CCCCC3)C(=O)OC(C)C)c2)sc(C(=O)O)c1OCC(=O)O. The fourth-order valence-corrected chi connectivity index (χ4v) is 5.30. The van der Waals surface area contributed by atoms with Gasteiger partial charge in [0.05, 0.1) is 6.10 Å². The number of carbonyl (C=O) groups is 3. The Morgan fingerprint density at radius 1 is 1.15 bits per heavy atom. The molecule has 0 spiro atoms. The molecule has 0 bridgehead atoms. The summed E-state index contributed by atoms with van der Waals surface area (Å²) in [7, 11) is 0. The number of amides is 1. The van der Waals surface area contributed by atoms with Gasteiger partial charge < -0.3 is 19.7 Å². The number of aromatic carboxylic acids is 1. The maximum Gasteiger partial charge on any atom is 0.414 e. The maximum atomic E-state index is 13.0. The van der Waals surface area contributed by atoms with Crippen molar-refractivity contribution in [3.63, 3.8) is 0 Å². The number of carboxylic acids is 2. The molecule has 1 amide bonds. The van der Waals surface area contributed by atoms with Crippen LogP contribution in [0.5, 0.6) is 5.75 Å².